The highest BCUT2D eigenvalue weighted by molar-refractivity contribution is 7.17. The van der Waals surface area contributed by atoms with Crippen molar-refractivity contribution < 1.29 is 4.79 Å². The van der Waals surface area contributed by atoms with Gasteiger partial charge in [-0.3, -0.25) is 14.2 Å². The molecule has 4 aromatic rings. The second-order valence-electron chi connectivity index (χ2n) is 8.65. The third-order valence-corrected chi connectivity index (χ3v) is 7.61. The fourth-order valence-electron chi connectivity index (χ4n) is 4.33. The molecule has 0 atom stereocenters. The van der Waals surface area contributed by atoms with E-state index in [1.165, 1.54) is 33.4 Å². The number of aryl methyl sites for hydroxylation is 2. The zero-order valence-electron chi connectivity index (χ0n) is 19.1. The molecule has 1 aliphatic rings. The molecule has 0 unspecified atom stereocenters. The lowest BCUT2D eigenvalue weighted by atomic mass is 10.0. The minimum atomic E-state index is -0.176. The van der Waals surface area contributed by atoms with Gasteiger partial charge < -0.3 is 9.80 Å². The summed E-state index contributed by atoms with van der Waals surface area (Å²) in [6, 6.07) is 13.9. The van der Waals surface area contributed by atoms with Crippen LogP contribution in [0.2, 0.25) is 5.02 Å². The molecule has 8 heteroatoms. The van der Waals surface area contributed by atoms with Crippen molar-refractivity contribution in [3.05, 3.63) is 80.7 Å². The Labute approximate surface area is 207 Å². The van der Waals surface area contributed by atoms with Gasteiger partial charge in [-0.1, -0.05) is 35.9 Å². The minimum Gasteiger partial charge on any atom is -0.368 e. The van der Waals surface area contributed by atoms with E-state index in [1.807, 2.05) is 40.6 Å². The molecule has 34 heavy (non-hydrogen) atoms. The van der Waals surface area contributed by atoms with Crippen LogP contribution in [-0.2, 0) is 11.3 Å². The van der Waals surface area contributed by atoms with Gasteiger partial charge >= 0.3 is 0 Å². The van der Waals surface area contributed by atoms with E-state index in [-0.39, 0.29) is 18.0 Å². The fraction of sp³-hybridized carbons (Fsp3) is 0.269. The van der Waals surface area contributed by atoms with Crippen LogP contribution in [-0.4, -0.2) is 46.5 Å². The number of aromatic nitrogens is 2. The fourth-order valence-corrected chi connectivity index (χ4v) is 5.43. The van der Waals surface area contributed by atoms with Gasteiger partial charge in [0.1, 0.15) is 11.4 Å². The molecule has 1 aliphatic heterocycles. The Hall–Kier alpha value is -3.16. The van der Waals surface area contributed by atoms with Crippen LogP contribution in [0, 0.1) is 13.8 Å². The Bertz CT molecular complexity index is 1440. The van der Waals surface area contributed by atoms with E-state index in [0.29, 0.717) is 28.3 Å². The molecule has 0 bridgehead atoms. The molecule has 6 nitrogen and oxygen atoms in total. The third kappa shape index (κ3) is 4.33. The topological polar surface area (TPSA) is 58.4 Å². The molecule has 1 amide bonds. The summed E-state index contributed by atoms with van der Waals surface area (Å²) >= 11 is 7.57. The Morgan fingerprint density at radius 1 is 1.06 bits per heavy atom. The molecule has 0 aliphatic carbocycles. The number of carbonyl (C=O) groups is 1. The molecule has 0 saturated carbocycles. The normalized spacial score (nSPS) is 14.1. The Kier molecular flexibility index (Phi) is 6.15. The van der Waals surface area contributed by atoms with Gasteiger partial charge in [0.2, 0.25) is 5.91 Å². The number of nitrogens with zero attached hydrogens (tertiary/aromatic N) is 4. The monoisotopic (exact) mass is 492 g/mol. The molecule has 1 fully saturated rings. The number of amides is 1. The first-order valence-electron chi connectivity index (χ1n) is 11.2. The lowest BCUT2D eigenvalue weighted by Gasteiger charge is -2.36. The zero-order valence-corrected chi connectivity index (χ0v) is 20.7. The first-order chi connectivity index (χ1) is 16.4. The number of piperazine rings is 1. The number of anilines is 1. The average Bonchev–Trinajstić information content (AvgIpc) is 3.28. The van der Waals surface area contributed by atoms with E-state index in [1.54, 1.807) is 0 Å². The largest absolute Gasteiger partial charge is 0.368 e. The van der Waals surface area contributed by atoms with Gasteiger partial charge in [0.25, 0.3) is 5.56 Å². The van der Waals surface area contributed by atoms with Gasteiger partial charge in [-0.05, 0) is 48.7 Å². The second kappa shape index (κ2) is 9.24. The molecule has 3 heterocycles. The lowest BCUT2D eigenvalue weighted by Crippen LogP contribution is -2.50. The van der Waals surface area contributed by atoms with Gasteiger partial charge in [-0.15, -0.1) is 11.3 Å². The van der Waals surface area contributed by atoms with Crippen LogP contribution >= 0.6 is 22.9 Å². The molecule has 174 valence electrons. The van der Waals surface area contributed by atoms with Crippen molar-refractivity contribution in [3.63, 3.8) is 0 Å². The van der Waals surface area contributed by atoms with E-state index in [2.05, 4.69) is 35.9 Å². The summed E-state index contributed by atoms with van der Waals surface area (Å²) in [6.07, 6.45) is 1.49. The number of carbonyl (C=O) groups excluding carboxylic acids is 1. The molecule has 0 N–H and O–H groups in total. The van der Waals surface area contributed by atoms with Crippen LogP contribution < -0.4 is 10.5 Å². The van der Waals surface area contributed by atoms with Gasteiger partial charge in [0, 0.05) is 47.8 Å². The summed E-state index contributed by atoms with van der Waals surface area (Å²) in [5, 5.41) is 3.26. The number of hydrogen-bond donors (Lipinski definition) is 0. The van der Waals surface area contributed by atoms with Crippen molar-refractivity contribution in [2.75, 3.05) is 31.1 Å². The average molecular weight is 493 g/mol. The van der Waals surface area contributed by atoms with Crippen LogP contribution in [0.3, 0.4) is 0 Å². The summed E-state index contributed by atoms with van der Waals surface area (Å²) < 4.78 is 1.44. The van der Waals surface area contributed by atoms with E-state index >= 15 is 0 Å². The molecule has 0 radical (unpaired) electrons. The molecule has 1 saturated heterocycles. The molecule has 2 aromatic heterocycles. The van der Waals surface area contributed by atoms with E-state index < -0.39 is 0 Å². The number of hydrogen-bond acceptors (Lipinski definition) is 5. The smallest absolute Gasteiger partial charge is 0.263 e. The lowest BCUT2D eigenvalue weighted by molar-refractivity contribution is -0.132. The molecule has 0 spiro atoms. The first kappa shape index (κ1) is 22.6. The highest BCUT2D eigenvalue weighted by atomic mass is 35.5. The number of thiophene rings is 1. The van der Waals surface area contributed by atoms with Crippen LogP contribution in [0.1, 0.15) is 11.1 Å². The quantitative estimate of drug-likeness (QED) is 0.412. The second-order valence-corrected chi connectivity index (χ2v) is 9.95. The highest BCUT2D eigenvalue weighted by Gasteiger charge is 2.23. The zero-order chi connectivity index (χ0) is 23.8. The SMILES string of the molecule is Cc1ccc(-c2csc3ncn(CC(=O)N4CCN(c5cccc(Cl)c5)CC4)c(=O)c23)cc1C. The van der Waals surface area contributed by atoms with Gasteiger partial charge in [0.05, 0.1) is 11.7 Å². The number of halogens is 1. The third-order valence-electron chi connectivity index (χ3n) is 6.49. The number of fused-ring (bicyclic) bond motifs is 1. The van der Waals surface area contributed by atoms with Crippen molar-refractivity contribution >= 4 is 44.7 Å². The molecular weight excluding hydrogens is 468 g/mol. The van der Waals surface area contributed by atoms with Crippen molar-refractivity contribution in [2.24, 2.45) is 0 Å². The maximum absolute atomic E-state index is 13.4. The van der Waals surface area contributed by atoms with Gasteiger partial charge in [-0.25, -0.2) is 4.98 Å². The van der Waals surface area contributed by atoms with Crippen LogP contribution in [0.4, 0.5) is 5.69 Å². The van der Waals surface area contributed by atoms with Crippen LogP contribution in [0.15, 0.2) is 59.0 Å². The maximum Gasteiger partial charge on any atom is 0.263 e. The van der Waals surface area contributed by atoms with Crippen molar-refractivity contribution in [1.82, 2.24) is 14.5 Å². The number of benzene rings is 2. The van der Waals surface area contributed by atoms with E-state index in [0.717, 1.165) is 29.9 Å². The number of rotatable bonds is 4. The predicted molar refractivity (Wildman–Crippen MR) is 139 cm³/mol. The summed E-state index contributed by atoms with van der Waals surface area (Å²) in [7, 11) is 0. The van der Waals surface area contributed by atoms with Gasteiger partial charge in [0.15, 0.2) is 0 Å². The Morgan fingerprint density at radius 2 is 1.85 bits per heavy atom. The molecule has 5 rings (SSSR count). The summed E-state index contributed by atoms with van der Waals surface area (Å²) in [5.74, 6) is -0.0723. The van der Waals surface area contributed by atoms with Gasteiger partial charge in [-0.2, -0.15) is 0 Å². The van der Waals surface area contributed by atoms with Crippen molar-refractivity contribution in [2.45, 2.75) is 20.4 Å². The van der Waals surface area contributed by atoms with Crippen molar-refractivity contribution in [3.8, 4) is 11.1 Å². The molecule has 2 aromatic carbocycles. The predicted octanol–water partition coefficient (Wildman–Crippen LogP) is 4.74. The Morgan fingerprint density at radius 3 is 2.59 bits per heavy atom. The summed E-state index contributed by atoms with van der Waals surface area (Å²) in [6.45, 7) is 6.76. The summed E-state index contributed by atoms with van der Waals surface area (Å²) in [5.41, 5.74) is 5.13. The first-order valence-corrected chi connectivity index (χ1v) is 12.5. The molecular formula is C26H25ClN4O2S. The highest BCUT2D eigenvalue weighted by Crippen LogP contribution is 2.31. The minimum absolute atomic E-state index is 0.0127. The van der Waals surface area contributed by atoms with E-state index in [4.69, 9.17) is 11.6 Å². The maximum atomic E-state index is 13.4. The standard InChI is InChI=1S/C26H25ClN4O2S/c1-17-6-7-19(12-18(17)2)22-15-34-25-24(22)26(33)31(16-28-25)14-23(32)30-10-8-29(9-11-30)21-5-3-4-20(27)13-21/h3-7,12-13,15-16H,8-11,14H2,1-2H3. The summed E-state index contributed by atoms with van der Waals surface area (Å²) in [4.78, 5) is 35.6. The van der Waals surface area contributed by atoms with Crippen LogP contribution in [0.5, 0.6) is 0 Å². The van der Waals surface area contributed by atoms with Crippen molar-refractivity contribution in [1.29, 1.82) is 0 Å². The van der Waals surface area contributed by atoms with E-state index in [9.17, 15) is 9.59 Å². The Balaban J connectivity index is 1.34. The van der Waals surface area contributed by atoms with Crippen LogP contribution in [0.25, 0.3) is 21.3 Å².